The number of nitrogens with zero attached hydrogens (tertiary/aromatic N) is 5. The van der Waals surface area contributed by atoms with E-state index in [1.54, 1.807) is 17.2 Å². The molecule has 4 aromatic rings. The molecule has 2 aromatic carbocycles. The standard InChI is InChI=1S/C22H21F2N5/c1-15(16-3-5-17(6-4-16)22-9-10-26-28(22)2)20(12-29-14-25-13-27-29)19-8-7-18(23)11-21(19)24/h3-11,13-15,20H,12H2,1-2H3/t15-,20-/m1/s1. The Kier molecular flexibility index (Phi) is 5.20. The summed E-state index contributed by atoms with van der Waals surface area (Å²) < 4.78 is 31.5. The molecular weight excluding hydrogens is 372 g/mol. The van der Waals surface area contributed by atoms with Crippen molar-refractivity contribution in [2.75, 3.05) is 0 Å². The van der Waals surface area contributed by atoms with Gasteiger partial charge in [-0.15, -0.1) is 0 Å². The van der Waals surface area contributed by atoms with Gasteiger partial charge in [0, 0.05) is 25.2 Å². The van der Waals surface area contributed by atoms with E-state index in [1.807, 2.05) is 49.0 Å². The van der Waals surface area contributed by atoms with Crippen LogP contribution in [0.5, 0.6) is 0 Å². The topological polar surface area (TPSA) is 48.5 Å². The van der Waals surface area contributed by atoms with E-state index in [9.17, 15) is 8.78 Å². The molecule has 0 radical (unpaired) electrons. The molecule has 4 rings (SSSR count). The molecule has 0 unspecified atom stereocenters. The summed E-state index contributed by atoms with van der Waals surface area (Å²) in [7, 11) is 1.90. The molecule has 5 nitrogen and oxygen atoms in total. The maximum atomic E-state index is 14.6. The minimum absolute atomic E-state index is 0.0280. The molecule has 0 aliphatic heterocycles. The molecule has 2 heterocycles. The normalized spacial score (nSPS) is 13.4. The van der Waals surface area contributed by atoms with E-state index in [0.717, 1.165) is 22.9 Å². The van der Waals surface area contributed by atoms with Gasteiger partial charge in [-0.1, -0.05) is 37.3 Å². The lowest BCUT2D eigenvalue weighted by Gasteiger charge is -2.25. The Hall–Kier alpha value is -3.35. The van der Waals surface area contributed by atoms with E-state index in [1.165, 1.54) is 18.5 Å². The molecule has 0 bridgehead atoms. The molecule has 0 amide bonds. The molecule has 0 spiro atoms. The van der Waals surface area contributed by atoms with Crippen molar-refractivity contribution in [2.24, 2.45) is 7.05 Å². The lowest BCUT2D eigenvalue weighted by molar-refractivity contribution is 0.441. The van der Waals surface area contributed by atoms with E-state index >= 15 is 0 Å². The summed E-state index contributed by atoms with van der Waals surface area (Å²) in [5.74, 6) is -1.40. The monoisotopic (exact) mass is 393 g/mol. The van der Waals surface area contributed by atoms with Gasteiger partial charge >= 0.3 is 0 Å². The van der Waals surface area contributed by atoms with E-state index in [0.29, 0.717) is 12.1 Å². The highest BCUT2D eigenvalue weighted by Gasteiger charge is 2.25. The van der Waals surface area contributed by atoms with Crippen molar-refractivity contribution in [1.82, 2.24) is 24.5 Å². The van der Waals surface area contributed by atoms with Crippen molar-refractivity contribution in [3.05, 3.63) is 90.1 Å². The summed E-state index contributed by atoms with van der Waals surface area (Å²) >= 11 is 0. The van der Waals surface area contributed by atoms with E-state index < -0.39 is 11.6 Å². The minimum Gasteiger partial charge on any atom is -0.268 e. The van der Waals surface area contributed by atoms with E-state index in [-0.39, 0.29) is 11.8 Å². The molecule has 7 heteroatoms. The molecule has 0 aliphatic rings. The summed E-state index contributed by atoms with van der Waals surface area (Å²) in [5.41, 5.74) is 3.60. The first-order valence-corrected chi connectivity index (χ1v) is 9.38. The Morgan fingerprint density at radius 2 is 1.79 bits per heavy atom. The number of benzene rings is 2. The molecule has 0 saturated heterocycles. The second-order valence-electron chi connectivity index (χ2n) is 7.14. The number of aryl methyl sites for hydroxylation is 1. The zero-order valence-electron chi connectivity index (χ0n) is 16.2. The Labute approximate surface area is 167 Å². The third-order valence-corrected chi connectivity index (χ3v) is 5.37. The second-order valence-corrected chi connectivity index (χ2v) is 7.14. The zero-order valence-corrected chi connectivity index (χ0v) is 16.2. The zero-order chi connectivity index (χ0) is 20.4. The number of hydrogen-bond donors (Lipinski definition) is 0. The highest BCUT2D eigenvalue weighted by Crippen LogP contribution is 2.36. The SMILES string of the molecule is C[C@H](c1ccc(-c2ccnn2C)cc1)[C@@H](Cn1cncn1)c1ccc(F)cc1F. The van der Waals surface area contributed by atoms with Gasteiger partial charge in [0.2, 0.25) is 0 Å². The van der Waals surface area contributed by atoms with Crippen LogP contribution in [0.15, 0.2) is 67.4 Å². The van der Waals surface area contributed by atoms with E-state index in [4.69, 9.17) is 0 Å². The van der Waals surface area contributed by atoms with Crippen molar-refractivity contribution in [2.45, 2.75) is 25.3 Å². The van der Waals surface area contributed by atoms with Gasteiger partial charge in [0.1, 0.15) is 24.3 Å². The Morgan fingerprint density at radius 3 is 2.41 bits per heavy atom. The molecule has 148 valence electrons. The highest BCUT2D eigenvalue weighted by molar-refractivity contribution is 5.59. The van der Waals surface area contributed by atoms with Crippen LogP contribution in [-0.4, -0.2) is 24.5 Å². The molecular formula is C22H21F2N5. The lowest BCUT2D eigenvalue weighted by Crippen LogP contribution is -2.17. The fourth-order valence-corrected chi connectivity index (χ4v) is 3.70. The van der Waals surface area contributed by atoms with Gasteiger partial charge < -0.3 is 0 Å². The third kappa shape index (κ3) is 3.94. The third-order valence-electron chi connectivity index (χ3n) is 5.37. The number of aromatic nitrogens is 5. The first kappa shape index (κ1) is 19.0. The van der Waals surface area contributed by atoms with Crippen LogP contribution in [0.25, 0.3) is 11.3 Å². The Morgan fingerprint density at radius 1 is 1.00 bits per heavy atom. The fourth-order valence-electron chi connectivity index (χ4n) is 3.70. The molecule has 2 aromatic heterocycles. The minimum atomic E-state index is -0.584. The van der Waals surface area contributed by atoms with Crippen LogP contribution in [0, 0.1) is 11.6 Å². The average Bonchev–Trinajstić information content (AvgIpc) is 3.38. The van der Waals surface area contributed by atoms with Gasteiger partial charge in [-0.2, -0.15) is 10.2 Å². The van der Waals surface area contributed by atoms with Crippen LogP contribution in [0.1, 0.15) is 29.9 Å². The number of halogens is 2. The summed E-state index contributed by atoms with van der Waals surface area (Å²) in [4.78, 5) is 3.98. The van der Waals surface area contributed by atoms with Crippen molar-refractivity contribution in [3.8, 4) is 11.3 Å². The van der Waals surface area contributed by atoms with Gasteiger partial charge in [0.05, 0.1) is 12.2 Å². The van der Waals surface area contributed by atoms with Crippen LogP contribution in [-0.2, 0) is 13.6 Å². The summed E-state index contributed by atoms with van der Waals surface area (Å²) in [5, 5.41) is 8.37. The number of hydrogen-bond acceptors (Lipinski definition) is 3. The quantitative estimate of drug-likeness (QED) is 0.483. The lowest BCUT2D eigenvalue weighted by atomic mass is 9.82. The number of rotatable bonds is 6. The van der Waals surface area contributed by atoms with Gasteiger partial charge in [-0.25, -0.2) is 13.8 Å². The molecule has 0 N–H and O–H groups in total. The van der Waals surface area contributed by atoms with E-state index in [2.05, 4.69) is 15.2 Å². The summed E-state index contributed by atoms with van der Waals surface area (Å²) in [6.07, 6.45) is 4.81. The predicted octanol–water partition coefficient (Wildman–Crippen LogP) is 4.54. The van der Waals surface area contributed by atoms with Crippen LogP contribution in [0.3, 0.4) is 0 Å². The molecule has 29 heavy (non-hydrogen) atoms. The van der Waals surface area contributed by atoms with Gasteiger partial charge in [-0.05, 0) is 34.7 Å². The van der Waals surface area contributed by atoms with Gasteiger partial charge in [0.15, 0.2) is 0 Å². The second kappa shape index (κ2) is 7.95. The maximum Gasteiger partial charge on any atom is 0.137 e. The van der Waals surface area contributed by atoms with Crippen molar-refractivity contribution >= 4 is 0 Å². The fraction of sp³-hybridized carbons (Fsp3) is 0.227. The van der Waals surface area contributed by atoms with Crippen molar-refractivity contribution in [1.29, 1.82) is 0 Å². The molecule has 2 atom stereocenters. The smallest absolute Gasteiger partial charge is 0.137 e. The molecule has 0 fully saturated rings. The average molecular weight is 393 g/mol. The first-order valence-electron chi connectivity index (χ1n) is 9.38. The Bertz CT molecular complexity index is 1090. The van der Waals surface area contributed by atoms with Crippen LogP contribution < -0.4 is 0 Å². The summed E-state index contributed by atoms with van der Waals surface area (Å²) in [6.45, 7) is 2.48. The maximum absolute atomic E-state index is 14.6. The highest BCUT2D eigenvalue weighted by atomic mass is 19.1. The predicted molar refractivity (Wildman–Crippen MR) is 106 cm³/mol. The van der Waals surface area contributed by atoms with Crippen molar-refractivity contribution in [3.63, 3.8) is 0 Å². The van der Waals surface area contributed by atoms with Crippen LogP contribution in [0.4, 0.5) is 8.78 Å². The largest absolute Gasteiger partial charge is 0.268 e. The van der Waals surface area contributed by atoms with Crippen molar-refractivity contribution < 1.29 is 8.78 Å². The molecule has 0 aliphatic carbocycles. The Balaban J connectivity index is 1.67. The summed E-state index contributed by atoms with van der Waals surface area (Å²) in [6, 6.07) is 13.9. The van der Waals surface area contributed by atoms with Gasteiger partial charge in [-0.3, -0.25) is 9.36 Å². The first-order chi connectivity index (χ1) is 14.0. The van der Waals surface area contributed by atoms with Crippen LogP contribution >= 0.6 is 0 Å². The van der Waals surface area contributed by atoms with Gasteiger partial charge in [0.25, 0.3) is 0 Å². The molecule has 0 saturated carbocycles. The van der Waals surface area contributed by atoms with Crippen LogP contribution in [0.2, 0.25) is 0 Å².